The Hall–Kier alpha value is -1.61. The SMILES string of the molecule is CS(=O)(=O)CCc1ncc(-c2ccc([C@@H](O)[C@@H](CF)CC(=O)C(Cl)Cl)cc2)cc1F. The van der Waals surface area contributed by atoms with Crippen molar-refractivity contribution in [3.8, 4) is 11.1 Å². The summed E-state index contributed by atoms with van der Waals surface area (Å²) >= 11 is 11.0. The van der Waals surface area contributed by atoms with Gasteiger partial charge >= 0.3 is 0 Å². The Morgan fingerprint density at radius 2 is 1.83 bits per heavy atom. The van der Waals surface area contributed by atoms with E-state index in [2.05, 4.69) is 4.98 Å². The number of aromatic nitrogens is 1. The summed E-state index contributed by atoms with van der Waals surface area (Å²) in [5.74, 6) is -2.38. The van der Waals surface area contributed by atoms with Gasteiger partial charge in [-0.1, -0.05) is 47.5 Å². The predicted molar refractivity (Wildman–Crippen MR) is 113 cm³/mol. The van der Waals surface area contributed by atoms with Gasteiger partial charge in [-0.25, -0.2) is 12.8 Å². The highest BCUT2D eigenvalue weighted by Gasteiger charge is 2.26. The molecule has 0 bridgehead atoms. The zero-order valence-electron chi connectivity index (χ0n) is 16.1. The van der Waals surface area contributed by atoms with Gasteiger partial charge < -0.3 is 5.11 Å². The number of benzene rings is 1. The molecule has 1 aromatic carbocycles. The number of carbonyl (C=O) groups excluding carboxylic acids is 1. The van der Waals surface area contributed by atoms with Crippen molar-refractivity contribution in [2.45, 2.75) is 23.8 Å². The first-order valence-electron chi connectivity index (χ1n) is 8.99. The van der Waals surface area contributed by atoms with E-state index in [0.29, 0.717) is 16.7 Å². The average Bonchev–Trinajstić information content (AvgIpc) is 2.69. The maximum atomic E-state index is 14.3. The van der Waals surface area contributed by atoms with Crippen molar-refractivity contribution in [2.75, 3.05) is 18.7 Å². The fourth-order valence-corrected chi connectivity index (χ4v) is 3.58. The van der Waals surface area contributed by atoms with Crippen molar-refractivity contribution in [3.63, 3.8) is 0 Å². The summed E-state index contributed by atoms with van der Waals surface area (Å²) in [7, 11) is -3.23. The number of alkyl halides is 3. The Kier molecular flexibility index (Phi) is 8.73. The third-order valence-electron chi connectivity index (χ3n) is 4.56. The van der Waals surface area contributed by atoms with E-state index in [1.54, 1.807) is 24.3 Å². The number of aryl methyl sites for hydroxylation is 1. The number of aliphatic hydroxyl groups excluding tert-OH is 1. The minimum atomic E-state index is -3.23. The van der Waals surface area contributed by atoms with Gasteiger partial charge in [0.25, 0.3) is 0 Å². The number of hydrogen-bond acceptors (Lipinski definition) is 5. The monoisotopic (exact) mass is 479 g/mol. The largest absolute Gasteiger partial charge is 0.388 e. The first kappa shape index (κ1) is 24.7. The normalized spacial score (nSPS) is 14.0. The van der Waals surface area contributed by atoms with Gasteiger partial charge in [-0.15, -0.1) is 0 Å². The van der Waals surface area contributed by atoms with E-state index in [0.717, 1.165) is 6.26 Å². The van der Waals surface area contributed by atoms with Crippen molar-refractivity contribution in [2.24, 2.45) is 5.92 Å². The molecule has 0 amide bonds. The molecule has 5 nitrogen and oxygen atoms in total. The molecule has 1 heterocycles. The van der Waals surface area contributed by atoms with E-state index >= 15 is 0 Å². The molecule has 0 aliphatic carbocycles. The van der Waals surface area contributed by atoms with Crippen LogP contribution < -0.4 is 0 Å². The molecule has 0 aliphatic rings. The van der Waals surface area contributed by atoms with Crippen molar-refractivity contribution >= 4 is 38.8 Å². The summed E-state index contributed by atoms with van der Waals surface area (Å²) in [5.41, 5.74) is 1.50. The van der Waals surface area contributed by atoms with Crippen molar-refractivity contribution in [3.05, 3.63) is 53.6 Å². The third-order valence-corrected chi connectivity index (χ3v) is 6.00. The Bertz CT molecular complexity index is 985. The van der Waals surface area contributed by atoms with Crippen LogP contribution in [-0.4, -0.2) is 47.8 Å². The van der Waals surface area contributed by atoms with Crippen LogP contribution in [0.3, 0.4) is 0 Å². The lowest BCUT2D eigenvalue weighted by Gasteiger charge is -2.20. The first-order chi connectivity index (χ1) is 14.0. The molecule has 0 saturated heterocycles. The van der Waals surface area contributed by atoms with Gasteiger partial charge in [-0.05, 0) is 17.2 Å². The predicted octanol–water partition coefficient (Wildman–Crippen LogP) is 3.86. The summed E-state index contributed by atoms with van der Waals surface area (Å²) < 4.78 is 50.0. The molecular weight excluding hydrogens is 459 g/mol. The van der Waals surface area contributed by atoms with Gasteiger partial charge in [-0.3, -0.25) is 14.2 Å². The van der Waals surface area contributed by atoms with Crippen LogP contribution in [0.5, 0.6) is 0 Å². The second-order valence-corrected chi connectivity index (χ2v) is 10.3. The van der Waals surface area contributed by atoms with Crippen molar-refractivity contribution in [1.29, 1.82) is 0 Å². The van der Waals surface area contributed by atoms with Gasteiger partial charge in [0.1, 0.15) is 15.7 Å². The summed E-state index contributed by atoms with van der Waals surface area (Å²) in [4.78, 5) is 14.4. The first-order valence-corrected chi connectivity index (χ1v) is 11.9. The lowest BCUT2D eigenvalue weighted by atomic mass is 9.91. The number of halogens is 4. The van der Waals surface area contributed by atoms with Crippen molar-refractivity contribution in [1.82, 2.24) is 4.98 Å². The number of pyridine rings is 1. The highest BCUT2D eigenvalue weighted by molar-refractivity contribution is 7.90. The summed E-state index contributed by atoms with van der Waals surface area (Å²) in [6.07, 6.45) is 0.929. The van der Waals surface area contributed by atoms with Gasteiger partial charge in [0.2, 0.25) is 0 Å². The highest BCUT2D eigenvalue weighted by atomic mass is 35.5. The minimum Gasteiger partial charge on any atom is -0.388 e. The van der Waals surface area contributed by atoms with Gasteiger partial charge in [-0.2, -0.15) is 0 Å². The van der Waals surface area contributed by atoms with Crippen LogP contribution in [0, 0.1) is 11.7 Å². The second-order valence-electron chi connectivity index (χ2n) is 6.98. The van der Waals surface area contributed by atoms with Crippen LogP contribution in [0.15, 0.2) is 36.5 Å². The third kappa shape index (κ3) is 6.97. The number of carbonyl (C=O) groups is 1. The van der Waals surface area contributed by atoms with E-state index in [1.165, 1.54) is 12.3 Å². The van der Waals surface area contributed by atoms with Crippen LogP contribution in [0.2, 0.25) is 0 Å². The fourth-order valence-electron chi connectivity index (χ4n) is 2.83. The Morgan fingerprint density at radius 3 is 2.33 bits per heavy atom. The molecule has 164 valence electrons. The maximum Gasteiger partial charge on any atom is 0.166 e. The number of aliphatic hydroxyl groups is 1. The summed E-state index contributed by atoms with van der Waals surface area (Å²) in [6.45, 7) is -0.931. The molecule has 0 saturated carbocycles. The molecular formula is C20H21Cl2F2NO4S. The minimum absolute atomic E-state index is 0.0229. The summed E-state index contributed by atoms with van der Waals surface area (Å²) in [6, 6.07) is 7.55. The van der Waals surface area contributed by atoms with E-state index in [9.17, 15) is 27.1 Å². The average molecular weight is 480 g/mol. The number of ketones is 1. The number of hydrogen-bond donors (Lipinski definition) is 1. The van der Waals surface area contributed by atoms with E-state index in [1.807, 2.05) is 0 Å². The van der Waals surface area contributed by atoms with Crippen LogP contribution in [0.4, 0.5) is 8.78 Å². The molecule has 2 rings (SSSR count). The molecule has 30 heavy (non-hydrogen) atoms. The van der Waals surface area contributed by atoms with Crippen LogP contribution in [-0.2, 0) is 21.1 Å². The molecule has 0 spiro atoms. The van der Waals surface area contributed by atoms with Gasteiger partial charge in [0.15, 0.2) is 10.6 Å². The van der Waals surface area contributed by atoms with Crippen molar-refractivity contribution < 1.29 is 27.1 Å². The van der Waals surface area contributed by atoms with E-state index < -0.39 is 45.0 Å². The number of Topliss-reactive ketones (excluding diaryl/α,β-unsaturated/α-hetero) is 1. The lowest BCUT2D eigenvalue weighted by Crippen LogP contribution is -2.21. The molecule has 2 atom stereocenters. The van der Waals surface area contributed by atoms with E-state index in [-0.39, 0.29) is 24.3 Å². The standard InChI is InChI=1S/C20H21Cl2F2NO4S/c1-30(28,29)7-6-17-16(24)8-15(11-25-17)12-2-4-13(5-3-12)19(27)14(10-23)9-18(26)20(21)22/h2-5,8,11,14,19-20,27H,6-7,9-10H2,1H3/t14-,19-/m1/s1. The molecule has 0 radical (unpaired) electrons. The molecule has 2 aromatic rings. The zero-order valence-corrected chi connectivity index (χ0v) is 18.4. The zero-order chi connectivity index (χ0) is 22.5. The molecule has 10 heteroatoms. The topological polar surface area (TPSA) is 84.3 Å². The van der Waals surface area contributed by atoms with Gasteiger partial charge in [0, 0.05) is 36.8 Å². The second kappa shape index (κ2) is 10.6. The maximum absolute atomic E-state index is 14.3. The smallest absolute Gasteiger partial charge is 0.166 e. The van der Waals surface area contributed by atoms with E-state index in [4.69, 9.17) is 23.2 Å². The molecule has 0 fully saturated rings. The molecule has 1 aromatic heterocycles. The Labute approximate surface area is 184 Å². The summed E-state index contributed by atoms with van der Waals surface area (Å²) in [5, 5.41) is 10.4. The van der Waals surface area contributed by atoms with Gasteiger partial charge in [0.05, 0.1) is 24.2 Å². The quantitative estimate of drug-likeness (QED) is 0.523. The van der Waals surface area contributed by atoms with Crippen LogP contribution in [0.25, 0.3) is 11.1 Å². The lowest BCUT2D eigenvalue weighted by molar-refractivity contribution is -0.119. The van der Waals surface area contributed by atoms with Crippen LogP contribution in [0.1, 0.15) is 23.8 Å². The molecule has 0 unspecified atom stereocenters. The fraction of sp³-hybridized carbons (Fsp3) is 0.400. The number of sulfone groups is 1. The molecule has 1 N–H and O–H groups in total. The number of nitrogens with zero attached hydrogens (tertiary/aromatic N) is 1. The Balaban J connectivity index is 2.14. The Morgan fingerprint density at radius 1 is 1.20 bits per heavy atom. The van der Waals surface area contributed by atoms with Crippen LogP contribution >= 0.6 is 23.2 Å². The highest BCUT2D eigenvalue weighted by Crippen LogP contribution is 2.29. The molecule has 0 aliphatic heterocycles. The number of rotatable bonds is 10.